The van der Waals surface area contributed by atoms with Gasteiger partial charge in [0.15, 0.2) is 6.39 Å². The molecule has 0 atom stereocenters. The van der Waals surface area contributed by atoms with Crippen molar-refractivity contribution in [1.29, 1.82) is 0 Å². The number of halogens is 1. The van der Waals surface area contributed by atoms with Gasteiger partial charge in [-0.1, -0.05) is 28.9 Å². The van der Waals surface area contributed by atoms with Crippen molar-refractivity contribution in [2.45, 2.75) is 20.0 Å². The molecule has 2 aromatic carbocycles. The normalized spacial score (nSPS) is 11.2. The zero-order chi connectivity index (χ0) is 24.4. The Hall–Kier alpha value is -4.11. The molecule has 0 aliphatic carbocycles. The molecule has 0 bridgehead atoms. The number of rotatable bonds is 8. The van der Waals surface area contributed by atoms with Crippen molar-refractivity contribution in [3.05, 3.63) is 83.3 Å². The quantitative estimate of drug-likeness (QED) is 0.333. The van der Waals surface area contributed by atoms with Crippen LogP contribution in [0.4, 0.5) is 5.69 Å². The van der Waals surface area contributed by atoms with E-state index in [0.29, 0.717) is 28.7 Å². The summed E-state index contributed by atoms with van der Waals surface area (Å²) in [6.45, 7) is 3.46. The largest absolute Gasteiger partial charge is 0.446 e. The van der Waals surface area contributed by atoms with Gasteiger partial charge in [0.25, 0.3) is 5.91 Å². The van der Waals surface area contributed by atoms with Gasteiger partial charge in [-0.25, -0.2) is 9.67 Å². The highest BCUT2D eigenvalue weighted by Crippen LogP contribution is 2.23. The number of hydrogen-bond acceptors (Lipinski definition) is 6. The van der Waals surface area contributed by atoms with Gasteiger partial charge in [-0.05, 0) is 43.3 Å². The molecule has 3 heterocycles. The minimum atomic E-state index is -0.217. The summed E-state index contributed by atoms with van der Waals surface area (Å²) in [5, 5.41) is 16.3. The number of benzene rings is 2. The Balaban J connectivity index is 1.27. The molecule has 178 valence electrons. The van der Waals surface area contributed by atoms with Crippen LogP contribution in [0.5, 0.6) is 0 Å². The summed E-state index contributed by atoms with van der Waals surface area (Å²) in [4.78, 5) is 17.2. The zero-order valence-electron chi connectivity index (χ0n) is 19.3. The van der Waals surface area contributed by atoms with E-state index >= 15 is 0 Å². The summed E-state index contributed by atoms with van der Waals surface area (Å²) in [6, 6.07) is 15.4. The molecule has 10 heteroatoms. The van der Waals surface area contributed by atoms with Gasteiger partial charge in [-0.15, -0.1) is 5.10 Å². The molecule has 0 saturated heterocycles. The maximum absolute atomic E-state index is 12.9. The lowest BCUT2D eigenvalue weighted by Gasteiger charge is -2.06. The van der Waals surface area contributed by atoms with Gasteiger partial charge in [0.05, 0.1) is 19.3 Å². The second kappa shape index (κ2) is 9.63. The van der Waals surface area contributed by atoms with Gasteiger partial charge >= 0.3 is 0 Å². The van der Waals surface area contributed by atoms with E-state index in [0.717, 1.165) is 34.4 Å². The average Bonchev–Trinajstić information content (AvgIpc) is 3.58. The Kier molecular flexibility index (Phi) is 6.24. The number of carbonyl (C=O) groups is 1. The van der Waals surface area contributed by atoms with Crippen LogP contribution in [0.25, 0.3) is 22.2 Å². The summed E-state index contributed by atoms with van der Waals surface area (Å²) in [5.41, 5.74) is 4.90. The summed E-state index contributed by atoms with van der Waals surface area (Å²) >= 11 is 6.08. The lowest BCUT2D eigenvalue weighted by Crippen LogP contribution is -2.25. The number of oxazole rings is 1. The topological polar surface area (TPSA) is 103 Å². The number of carbonyl (C=O) groups excluding carboxylic acids is 1. The van der Waals surface area contributed by atoms with E-state index < -0.39 is 0 Å². The molecule has 3 aromatic heterocycles. The summed E-state index contributed by atoms with van der Waals surface area (Å²) < 4.78 is 9.08. The highest BCUT2D eigenvalue weighted by Gasteiger charge is 2.16. The molecular weight excluding hydrogens is 466 g/mol. The molecule has 35 heavy (non-hydrogen) atoms. The highest BCUT2D eigenvalue weighted by atomic mass is 35.5. The first kappa shape index (κ1) is 22.7. The van der Waals surface area contributed by atoms with E-state index in [2.05, 4.69) is 32.9 Å². The van der Waals surface area contributed by atoms with Gasteiger partial charge in [0.1, 0.15) is 22.8 Å². The fourth-order valence-electron chi connectivity index (χ4n) is 4.01. The number of anilines is 1. The van der Waals surface area contributed by atoms with Crippen LogP contribution < -0.4 is 10.6 Å². The number of nitrogens with zero attached hydrogens (tertiary/aromatic N) is 5. The van der Waals surface area contributed by atoms with Crippen molar-refractivity contribution in [1.82, 2.24) is 29.9 Å². The number of fused-ring (bicyclic) bond motifs is 1. The standard InChI is InChI=1S/C25H24ClN7O2/c1-3-27-19-6-4-5-16(10-19)20-13-33(31-30-20)14-21-24(35-15-29-21)12-28-25(34)23-11-17-9-18(26)7-8-22(17)32(23)2/h4-11,13,15,27H,3,12,14H2,1-2H3,(H,28,34). The van der Waals surface area contributed by atoms with Gasteiger partial charge in [0, 0.05) is 40.8 Å². The number of nitrogens with one attached hydrogen (secondary N) is 2. The molecule has 0 aliphatic rings. The van der Waals surface area contributed by atoms with Gasteiger partial charge in [-0.3, -0.25) is 4.79 Å². The highest BCUT2D eigenvalue weighted by molar-refractivity contribution is 6.31. The Morgan fingerprint density at radius 1 is 1.17 bits per heavy atom. The maximum atomic E-state index is 12.9. The van der Waals surface area contributed by atoms with Crippen LogP contribution in [0.3, 0.4) is 0 Å². The molecule has 0 saturated carbocycles. The predicted molar refractivity (Wildman–Crippen MR) is 134 cm³/mol. The SMILES string of the molecule is CCNc1cccc(-c2cn(Cc3ncoc3CNC(=O)c3cc4cc(Cl)ccc4n3C)nn2)c1. The minimum absolute atomic E-state index is 0.197. The number of hydrogen-bond donors (Lipinski definition) is 2. The second-order valence-corrected chi connectivity index (χ2v) is 8.55. The van der Waals surface area contributed by atoms with Crippen LogP contribution in [0.15, 0.2) is 65.5 Å². The zero-order valence-corrected chi connectivity index (χ0v) is 20.1. The first-order valence-corrected chi connectivity index (χ1v) is 11.6. The summed E-state index contributed by atoms with van der Waals surface area (Å²) in [7, 11) is 1.85. The first-order chi connectivity index (χ1) is 17.0. The smallest absolute Gasteiger partial charge is 0.268 e. The van der Waals surface area contributed by atoms with E-state index in [1.165, 1.54) is 6.39 Å². The van der Waals surface area contributed by atoms with Crippen LogP contribution in [0.1, 0.15) is 28.9 Å². The number of amides is 1. The van der Waals surface area contributed by atoms with E-state index in [4.69, 9.17) is 16.0 Å². The third kappa shape index (κ3) is 4.76. The average molecular weight is 490 g/mol. The molecule has 0 aliphatic heterocycles. The van der Waals surface area contributed by atoms with Gasteiger partial charge in [-0.2, -0.15) is 0 Å². The molecule has 9 nitrogen and oxygen atoms in total. The lowest BCUT2D eigenvalue weighted by molar-refractivity contribution is 0.0940. The van der Waals surface area contributed by atoms with E-state index in [1.807, 2.05) is 60.3 Å². The fourth-order valence-corrected chi connectivity index (χ4v) is 4.19. The monoisotopic (exact) mass is 489 g/mol. The van der Waals surface area contributed by atoms with E-state index in [1.54, 1.807) is 10.7 Å². The summed E-state index contributed by atoms with van der Waals surface area (Å²) in [5.74, 6) is 0.345. The number of aromatic nitrogens is 5. The predicted octanol–water partition coefficient (Wildman–Crippen LogP) is 4.49. The van der Waals surface area contributed by atoms with Crippen molar-refractivity contribution >= 4 is 34.1 Å². The molecule has 2 N–H and O–H groups in total. The van der Waals surface area contributed by atoms with Crippen LogP contribution in [-0.4, -0.2) is 37.0 Å². The Labute approximate surface area is 206 Å². The lowest BCUT2D eigenvalue weighted by atomic mass is 10.1. The Bertz CT molecular complexity index is 1500. The molecule has 0 radical (unpaired) electrons. The van der Waals surface area contributed by atoms with Gasteiger partial charge < -0.3 is 19.6 Å². The van der Waals surface area contributed by atoms with Gasteiger partial charge in [0.2, 0.25) is 0 Å². The van der Waals surface area contributed by atoms with Crippen LogP contribution in [0.2, 0.25) is 5.02 Å². The molecule has 1 amide bonds. The van der Waals surface area contributed by atoms with Crippen LogP contribution in [-0.2, 0) is 20.1 Å². The van der Waals surface area contributed by atoms with E-state index in [-0.39, 0.29) is 12.5 Å². The minimum Gasteiger partial charge on any atom is -0.446 e. The van der Waals surface area contributed by atoms with Crippen molar-refractivity contribution in [3.63, 3.8) is 0 Å². The van der Waals surface area contributed by atoms with Crippen molar-refractivity contribution in [2.24, 2.45) is 7.05 Å². The maximum Gasteiger partial charge on any atom is 0.268 e. The van der Waals surface area contributed by atoms with Crippen LogP contribution in [0, 0.1) is 0 Å². The molecule has 5 rings (SSSR count). The van der Waals surface area contributed by atoms with Crippen molar-refractivity contribution in [2.75, 3.05) is 11.9 Å². The third-order valence-corrected chi connectivity index (χ3v) is 6.00. The molecular formula is C25H24ClN7O2. The van der Waals surface area contributed by atoms with Crippen molar-refractivity contribution < 1.29 is 9.21 Å². The molecule has 0 fully saturated rings. The second-order valence-electron chi connectivity index (χ2n) is 8.11. The van der Waals surface area contributed by atoms with Crippen molar-refractivity contribution in [3.8, 4) is 11.3 Å². The Morgan fingerprint density at radius 3 is 2.91 bits per heavy atom. The van der Waals surface area contributed by atoms with Crippen LogP contribution >= 0.6 is 11.6 Å². The number of aryl methyl sites for hydroxylation is 1. The third-order valence-electron chi connectivity index (χ3n) is 5.76. The summed E-state index contributed by atoms with van der Waals surface area (Å²) in [6.07, 6.45) is 3.23. The Morgan fingerprint density at radius 2 is 2.06 bits per heavy atom. The first-order valence-electron chi connectivity index (χ1n) is 11.2. The molecule has 5 aromatic rings. The molecule has 0 spiro atoms. The molecule has 0 unspecified atom stereocenters. The fraction of sp³-hybridized carbons (Fsp3) is 0.200. The van der Waals surface area contributed by atoms with E-state index in [9.17, 15) is 4.79 Å².